The number of aliphatic hydroxyl groups excluding tert-OH is 2. The molecule has 1 aliphatic heterocycles. The topological polar surface area (TPSA) is 69.8 Å². The van der Waals surface area contributed by atoms with E-state index in [1.807, 2.05) is 42.2 Å². The van der Waals surface area contributed by atoms with Gasteiger partial charge in [0.2, 0.25) is 0 Å². The summed E-state index contributed by atoms with van der Waals surface area (Å²) in [5.41, 5.74) is 1.14. The SMILES string of the molecule is COC(=O)[C@@H](O)[C@@H](O)C1C[N@]1[C@H](C)c1ccccc1. The number of ether oxygens (including phenoxy) is 1. The Kier molecular flexibility index (Phi) is 4.19. The summed E-state index contributed by atoms with van der Waals surface area (Å²) in [6.07, 6.45) is -2.60. The number of nitrogens with zero attached hydrogens (tertiary/aromatic N) is 1. The Morgan fingerprint density at radius 3 is 2.58 bits per heavy atom. The fourth-order valence-electron chi connectivity index (χ4n) is 2.31. The molecule has 1 aromatic rings. The van der Waals surface area contributed by atoms with Gasteiger partial charge in [-0.1, -0.05) is 30.3 Å². The van der Waals surface area contributed by atoms with Crippen LogP contribution in [-0.2, 0) is 9.53 Å². The number of esters is 1. The molecule has 5 atom stereocenters. The van der Waals surface area contributed by atoms with Gasteiger partial charge in [-0.25, -0.2) is 4.79 Å². The molecule has 1 heterocycles. The molecule has 1 fully saturated rings. The number of benzene rings is 1. The average molecular weight is 265 g/mol. The fourth-order valence-corrected chi connectivity index (χ4v) is 2.31. The third-order valence-electron chi connectivity index (χ3n) is 3.63. The van der Waals surface area contributed by atoms with Crippen LogP contribution in [0.1, 0.15) is 18.5 Å². The lowest BCUT2D eigenvalue weighted by Crippen LogP contribution is -2.39. The Labute approximate surface area is 112 Å². The van der Waals surface area contributed by atoms with Gasteiger partial charge in [-0.3, -0.25) is 4.90 Å². The van der Waals surface area contributed by atoms with Crippen LogP contribution in [0.25, 0.3) is 0 Å². The smallest absolute Gasteiger partial charge is 0.337 e. The van der Waals surface area contributed by atoms with E-state index >= 15 is 0 Å². The van der Waals surface area contributed by atoms with Gasteiger partial charge < -0.3 is 14.9 Å². The molecule has 1 aliphatic rings. The van der Waals surface area contributed by atoms with E-state index < -0.39 is 18.2 Å². The molecule has 0 radical (unpaired) electrons. The van der Waals surface area contributed by atoms with Crippen LogP contribution in [0.4, 0.5) is 0 Å². The van der Waals surface area contributed by atoms with Crippen molar-refractivity contribution in [3.05, 3.63) is 35.9 Å². The van der Waals surface area contributed by atoms with Crippen LogP contribution in [0.3, 0.4) is 0 Å². The van der Waals surface area contributed by atoms with Gasteiger partial charge in [-0.2, -0.15) is 0 Å². The second kappa shape index (κ2) is 5.69. The zero-order chi connectivity index (χ0) is 14.0. The summed E-state index contributed by atoms with van der Waals surface area (Å²) in [4.78, 5) is 13.2. The first-order valence-electron chi connectivity index (χ1n) is 6.31. The van der Waals surface area contributed by atoms with Crippen LogP contribution in [0, 0.1) is 0 Å². The molecule has 1 unspecified atom stereocenters. The largest absolute Gasteiger partial charge is 0.467 e. The number of methoxy groups -OCH3 is 1. The summed E-state index contributed by atoms with van der Waals surface area (Å²) in [6, 6.07) is 9.85. The molecule has 19 heavy (non-hydrogen) atoms. The lowest BCUT2D eigenvalue weighted by Gasteiger charge is -2.19. The summed E-state index contributed by atoms with van der Waals surface area (Å²) in [7, 11) is 1.19. The highest BCUT2D eigenvalue weighted by molar-refractivity contribution is 5.75. The first-order valence-corrected chi connectivity index (χ1v) is 6.31. The van der Waals surface area contributed by atoms with Crippen molar-refractivity contribution in [2.75, 3.05) is 13.7 Å². The van der Waals surface area contributed by atoms with Crippen molar-refractivity contribution in [3.63, 3.8) is 0 Å². The summed E-state index contributed by atoms with van der Waals surface area (Å²) in [6.45, 7) is 2.69. The predicted molar refractivity (Wildman–Crippen MR) is 69.4 cm³/mol. The van der Waals surface area contributed by atoms with E-state index in [-0.39, 0.29) is 12.1 Å². The molecule has 104 valence electrons. The fraction of sp³-hybridized carbons (Fsp3) is 0.500. The molecule has 0 aliphatic carbocycles. The van der Waals surface area contributed by atoms with Crippen molar-refractivity contribution in [3.8, 4) is 0 Å². The molecular formula is C14H19NO4. The van der Waals surface area contributed by atoms with Crippen LogP contribution < -0.4 is 0 Å². The standard InChI is InChI=1S/C14H19NO4/c1-9(10-6-4-3-5-7-10)15-8-11(15)12(16)13(17)14(18)19-2/h3-7,9,11-13,16-17H,8H2,1-2H3/t9-,11?,12+,13+,15-/m1/s1. The molecule has 2 rings (SSSR count). The number of hydrogen-bond donors (Lipinski definition) is 2. The predicted octanol–water partition coefficient (Wildman–Crippen LogP) is 0.327. The highest BCUT2D eigenvalue weighted by Gasteiger charge is 2.47. The molecule has 0 aromatic heterocycles. The van der Waals surface area contributed by atoms with E-state index in [1.54, 1.807) is 0 Å². The lowest BCUT2D eigenvalue weighted by atomic mass is 10.1. The van der Waals surface area contributed by atoms with Crippen molar-refractivity contribution in [2.45, 2.75) is 31.2 Å². The quantitative estimate of drug-likeness (QED) is 0.593. The van der Waals surface area contributed by atoms with Crippen molar-refractivity contribution < 1.29 is 19.7 Å². The molecule has 0 bridgehead atoms. The lowest BCUT2D eigenvalue weighted by molar-refractivity contribution is -0.156. The molecule has 5 heteroatoms. The second-order valence-electron chi connectivity index (χ2n) is 4.81. The Balaban J connectivity index is 1.95. The third kappa shape index (κ3) is 2.94. The van der Waals surface area contributed by atoms with Gasteiger partial charge >= 0.3 is 5.97 Å². The molecule has 2 N–H and O–H groups in total. The van der Waals surface area contributed by atoms with Crippen molar-refractivity contribution in [2.24, 2.45) is 0 Å². The van der Waals surface area contributed by atoms with Crippen molar-refractivity contribution >= 4 is 5.97 Å². The van der Waals surface area contributed by atoms with E-state index in [9.17, 15) is 15.0 Å². The van der Waals surface area contributed by atoms with Crippen LogP contribution >= 0.6 is 0 Å². The minimum atomic E-state index is -1.48. The van der Waals surface area contributed by atoms with Gasteiger partial charge in [0.05, 0.1) is 13.2 Å². The number of carbonyl (C=O) groups excluding carboxylic acids is 1. The zero-order valence-corrected chi connectivity index (χ0v) is 11.1. The van der Waals surface area contributed by atoms with Gasteiger partial charge in [0, 0.05) is 12.6 Å². The minimum Gasteiger partial charge on any atom is -0.467 e. The number of hydrogen-bond acceptors (Lipinski definition) is 5. The van der Waals surface area contributed by atoms with E-state index in [1.165, 1.54) is 7.11 Å². The van der Waals surface area contributed by atoms with Gasteiger partial charge in [0.15, 0.2) is 6.10 Å². The summed E-state index contributed by atoms with van der Waals surface area (Å²) in [5.74, 6) is -0.799. The van der Waals surface area contributed by atoms with E-state index in [2.05, 4.69) is 4.74 Å². The number of rotatable bonds is 5. The second-order valence-corrected chi connectivity index (χ2v) is 4.81. The summed E-state index contributed by atoms with van der Waals surface area (Å²) >= 11 is 0. The Bertz CT molecular complexity index is 436. The third-order valence-corrected chi connectivity index (χ3v) is 3.63. The maximum absolute atomic E-state index is 11.2. The summed E-state index contributed by atoms with van der Waals surface area (Å²) < 4.78 is 4.42. The molecule has 1 saturated heterocycles. The highest BCUT2D eigenvalue weighted by Crippen LogP contribution is 2.34. The Morgan fingerprint density at radius 2 is 2.00 bits per heavy atom. The number of carbonyl (C=O) groups is 1. The maximum atomic E-state index is 11.2. The van der Waals surface area contributed by atoms with Crippen LogP contribution in [0.15, 0.2) is 30.3 Å². The summed E-state index contributed by atoms with van der Waals surface area (Å²) in [5, 5.41) is 19.5. The van der Waals surface area contributed by atoms with Crippen LogP contribution in [0.5, 0.6) is 0 Å². The zero-order valence-electron chi connectivity index (χ0n) is 11.1. The molecule has 0 amide bonds. The van der Waals surface area contributed by atoms with E-state index in [4.69, 9.17) is 0 Å². The molecule has 1 aromatic carbocycles. The molecular weight excluding hydrogens is 246 g/mol. The Hall–Kier alpha value is -1.43. The normalized spacial score (nSPS) is 26.3. The first kappa shape index (κ1) is 14.0. The van der Waals surface area contributed by atoms with Crippen LogP contribution in [0.2, 0.25) is 0 Å². The highest BCUT2D eigenvalue weighted by atomic mass is 16.5. The average Bonchev–Trinajstić information content (AvgIpc) is 3.25. The van der Waals surface area contributed by atoms with Gasteiger partial charge in [0.1, 0.15) is 6.10 Å². The number of aliphatic hydroxyl groups is 2. The van der Waals surface area contributed by atoms with Crippen molar-refractivity contribution in [1.29, 1.82) is 0 Å². The van der Waals surface area contributed by atoms with Gasteiger partial charge in [-0.05, 0) is 12.5 Å². The maximum Gasteiger partial charge on any atom is 0.337 e. The Morgan fingerprint density at radius 1 is 1.37 bits per heavy atom. The first-order chi connectivity index (χ1) is 9.06. The van der Waals surface area contributed by atoms with Crippen LogP contribution in [-0.4, -0.2) is 53.0 Å². The van der Waals surface area contributed by atoms with Crippen molar-refractivity contribution in [1.82, 2.24) is 4.90 Å². The van der Waals surface area contributed by atoms with E-state index in [0.717, 1.165) is 5.56 Å². The monoisotopic (exact) mass is 265 g/mol. The van der Waals surface area contributed by atoms with Gasteiger partial charge in [0.25, 0.3) is 0 Å². The minimum absolute atomic E-state index is 0.144. The molecule has 0 saturated carbocycles. The van der Waals surface area contributed by atoms with Gasteiger partial charge in [-0.15, -0.1) is 0 Å². The molecule has 5 nitrogen and oxygen atoms in total. The van der Waals surface area contributed by atoms with E-state index in [0.29, 0.717) is 6.54 Å². The molecule has 0 spiro atoms.